The Morgan fingerprint density at radius 2 is 2.00 bits per heavy atom. The summed E-state index contributed by atoms with van der Waals surface area (Å²) in [5.41, 5.74) is 0. The largest absolute Gasteiger partial charge is 0.315 e. The first-order valence-electron chi connectivity index (χ1n) is 6.51. The molecule has 1 N–H and O–H groups in total. The Morgan fingerprint density at radius 1 is 1.24 bits per heavy atom. The van der Waals surface area contributed by atoms with Crippen LogP contribution >= 0.6 is 0 Å². The lowest BCUT2D eigenvalue weighted by Crippen LogP contribution is -2.43. The average Bonchev–Trinajstić information content (AvgIpc) is 2.58. The quantitative estimate of drug-likeness (QED) is 0.716. The fourth-order valence-corrected chi connectivity index (χ4v) is 3.38. The van der Waals surface area contributed by atoms with E-state index in [1.54, 1.807) is 11.4 Å². The van der Waals surface area contributed by atoms with E-state index in [-0.39, 0.29) is 0 Å². The molecule has 0 atom stereocenters. The first-order valence-corrected chi connectivity index (χ1v) is 7.91. The maximum absolute atomic E-state index is 12.3. The first kappa shape index (κ1) is 14.9. The Kier molecular flexibility index (Phi) is 6.40. The lowest BCUT2D eigenvalue weighted by atomic mass is 10.2. The highest BCUT2D eigenvalue weighted by Crippen LogP contribution is 2.09. The van der Waals surface area contributed by atoms with Crippen molar-refractivity contribution in [1.29, 1.82) is 0 Å². The van der Waals surface area contributed by atoms with Gasteiger partial charge < -0.3 is 5.32 Å². The van der Waals surface area contributed by atoms with Crippen molar-refractivity contribution in [2.75, 3.05) is 39.8 Å². The summed E-state index contributed by atoms with van der Waals surface area (Å²) < 4.78 is 27.6. The molecule has 0 saturated carbocycles. The summed E-state index contributed by atoms with van der Waals surface area (Å²) in [6.45, 7) is 5.62. The van der Waals surface area contributed by atoms with E-state index in [2.05, 4.69) is 12.2 Å². The number of hydrogen-bond donors (Lipinski definition) is 1. The summed E-state index contributed by atoms with van der Waals surface area (Å²) in [5, 5.41) is 3.22. The molecule has 0 aliphatic carbocycles. The third-order valence-electron chi connectivity index (χ3n) is 3.10. The SMILES string of the molecule is CCCCCN(C)S(=O)(=O)N1CCCNCC1. The molecule has 17 heavy (non-hydrogen) atoms. The predicted molar refractivity (Wildman–Crippen MR) is 70.1 cm³/mol. The highest BCUT2D eigenvalue weighted by atomic mass is 32.2. The first-order chi connectivity index (χ1) is 8.09. The molecule has 6 heteroatoms. The van der Waals surface area contributed by atoms with Gasteiger partial charge in [0.05, 0.1) is 0 Å². The number of nitrogens with one attached hydrogen (secondary N) is 1. The van der Waals surface area contributed by atoms with Crippen molar-refractivity contribution < 1.29 is 8.42 Å². The maximum atomic E-state index is 12.3. The van der Waals surface area contributed by atoms with Crippen molar-refractivity contribution in [3.05, 3.63) is 0 Å². The van der Waals surface area contributed by atoms with E-state index in [0.29, 0.717) is 19.6 Å². The van der Waals surface area contributed by atoms with Gasteiger partial charge in [-0.3, -0.25) is 0 Å². The minimum Gasteiger partial charge on any atom is -0.315 e. The van der Waals surface area contributed by atoms with E-state index >= 15 is 0 Å². The van der Waals surface area contributed by atoms with E-state index in [1.165, 1.54) is 4.31 Å². The van der Waals surface area contributed by atoms with Crippen LogP contribution in [0, 0.1) is 0 Å². The third-order valence-corrected chi connectivity index (χ3v) is 5.08. The van der Waals surface area contributed by atoms with Crippen LogP contribution in [-0.2, 0) is 10.2 Å². The zero-order valence-electron chi connectivity index (χ0n) is 11.0. The van der Waals surface area contributed by atoms with Gasteiger partial charge in [-0.05, 0) is 19.4 Å². The van der Waals surface area contributed by atoms with Crippen LogP contribution in [0.2, 0.25) is 0 Å². The fourth-order valence-electron chi connectivity index (χ4n) is 1.95. The summed E-state index contributed by atoms with van der Waals surface area (Å²) in [7, 11) is -1.56. The molecular weight excluding hydrogens is 238 g/mol. The lowest BCUT2D eigenvalue weighted by molar-refractivity contribution is 0.366. The normalized spacial score (nSPS) is 19.5. The van der Waals surface area contributed by atoms with Gasteiger partial charge in [-0.25, -0.2) is 0 Å². The molecule has 1 rings (SSSR count). The molecule has 0 bridgehead atoms. The second kappa shape index (κ2) is 7.31. The van der Waals surface area contributed by atoms with Gasteiger partial charge in [0.1, 0.15) is 0 Å². The van der Waals surface area contributed by atoms with Crippen molar-refractivity contribution in [2.45, 2.75) is 32.6 Å². The minimum absolute atomic E-state index is 0.584. The van der Waals surface area contributed by atoms with Gasteiger partial charge in [0.2, 0.25) is 0 Å². The highest BCUT2D eigenvalue weighted by Gasteiger charge is 2.26. The van der Waals surface area contributed by atoms with Gasteiger partial charge >= 0.3 is 0 Å². The molecule has 0 unspecified atom stereocenters. The van der Waals surface area contributed by atoms with Crippen molar-refractivity contribution in [1.82, 2.24) is 13.9 Å². The molecule has 1 aliphatic heterocycles. The number of unbranched alkanes of at least 4 members (excludes halogenated alkanes) is 2. The molecule has 1 fully saturated rings. The Morgan fingerprint density at radius 3 is 2.71 bits per heavy atom. The molecule has 102 valence electrons. The second-order valence-corrected chi connectivity index (χ2v) is 6.57. The lowest BCUT2D eigenvalue weighted by Gasteiger charge is -2.26. The Bertz CT molecular complexity index is 298. The van der Waals surface area contributed by atoms with Gasteiger partial charge in [-0.15, -0.1) is 0 Å². The predicted octanol–water partition coefficient (Wildman–Crippen LogP) is 0.649. The van der Waals surface area contributed by atoms with Crippen LogP contribution in [0.15, 0.2) is 0 Å². The van der Waals surface area contributed by atoms with Gasteiger partial charge in [0.15, 0.2) is 0 Å². The summed E-state index contributed by atoms with van der Waals surface area (Å²) >= 11 is 0. The fraction of sp³-hybridized carbons (Fsp3) is 1.00. The van der Waals surface area contributed by atoms with E-state index in [1.807, 2.05) is 0 Å². The van der Waals surface area contributed by atoms with E-state index in [0.717, 1.165) is 38.8 Å². The summed E-state index contributed by atoms with van der Waals surface area (Å²) in [5.74, 6) is 0. The van der Waals surface area contributed by atoms with Crippen molar-refractivity contribution in [3.8, 4) is 0 Å². The van der Waals surface area contributed by atoms with Gasteiger partial charge in [-0.1, -0.05) is 19.8 Å². The van der Waals surface area contributed by atoms with E-state index in [9.17, 15) is 8.42 Å². The second-order valence-electron chi connectivity index (χ2n) is 4.54. The monoisotopic (exact) mass is 263 g/mol. The summed E-state index contributed by atoms with van der Waals surface area (Å²) in [6, 6.07) is 0. The standard InChI is InChI=1S/C11H25N3O2S/c1-3-4-5-9-13(2)17(15,16)14-10-6-7-12-8-11-14/h12H,3-11H2,1-2H3. The average molecular weight is 263 g/mol. The molecule has 0 aromatic rings. The van der Waals surface area contributed by atoms with Crippen molar-refractivity contribution >= 4 is 10.2 Å². The van der Waals surface area contributed by atoms with Crippen LogP contribution in [0.25, 0.3) is 0 Å². The van der Waals surface area contributed by atoms with E-state index < -0.39 is 10.2 Å². The number of rotatable bonds is 6. The summed E-state index contributed by atoms with van der Waals surface area (Å²) in [6.07, 6.45) is 4.03. The Hall–Kier alpha value is -0.170. The molecule has 1 heterocycles. The van der Waals surface area contributed by atoms with Crippen LogP contribution in [0.4, 0.5) is 0 Å². The summed E-state index contributed by atoms with van der Waals surface area (Å²) in [4.78, 5) is 0. The van der Waals surface area contributed by atoms with Crippen molar-refractivity contribution in [2.24, 2.45) is 0 Å². The van der Waals surface area contributed by atoms with Crippen LogP contribution in [0.3, 0.4) is 0 Å². The molecule has 0 amide bonds. The van der Waals surface area contributed by atoms with Gasteiger partial charge in [0.25, 0.3) is 10.2 Å². The maximum Gasteiger partial charge on any atom is 0.281 e. The van der Waals surface area contributed by atoms with Crippen LogP contribution in [0.1, 0.15) is 32.6 Å². The molecule has 0 aromatic heterocycles. The topological polar surface area (TPSA) is 52.7 Å². The van der Waals surface area contributed by atoms with Crippen LogP contribution in [-0.4, -0.2) is 56.8 Å². The van der Waals surface area contributed by atoms with E-state index in [4.69, 9.17) is 0 Å². The Labute approximate surface area is 105 Å². The van der Waals surface area contributed by atoms with Crippen LogP contribution in [0.5, 0.6) is 0 Å². The molecule has 5 nitrogen and oxygen atoms in total. The molecular formula is C11H25N3O2S. The minimum atomic E-state index is -3.24. The Balaban J connectivity index is 2.52. The molecule has 1 saturated heterocycles. The van der Waals surface area contributed by atoms with Gasteiger partial charge in [-0.2, -0.15) is 17.0 Å². The zero-order valence-corrected chi connectivity index (χ0v) is 11.8. The molecule has 1 aliphatic rings. The van der Waals surface area contributed by atoms with Gasteiger partial charge in [0, 0.05) is 33.2 Å². The third kappa shape index (κ3) is 4.54. The number of nitrogens with zero attached hydrogens (tertiary/aromatic N) is 2. The number of hydrogen-bond acceptors (Lipinski definition) is 3. The van der Waals surface area contributed by atoms with Crippen LogP contribution < -0.4 is 5.32 Å². The highest BCUT2D eigenvalue weighted by molar-refractivity contribution is 7.86. The molecule has 0 aromatic carbocycles. The smallest absolute Gasteiger partial charge is 0.281 e. The zero-order chi connectivity index (χ0) is 12.7. The molecule has 0 radical (unpaired) electrons. The molecule has 0 spiro atoms. The van der Waals surface area contributed by atoms with Crippen molar-refractivity contribution in [3.63, 3.8) is 0 Å².